The van der Waals surface area contributed by atoms with E-state index in [1.165, 1.54) is 18.2 Å². The Bertz CT molecular complexity index is 647. The van der Waals surface area contributed by atoms with Crippen LogP contribution in [0.1, 0.15) is 15.9 Å². The Morgan fingerprint density at radius 3 is 2.74 bits per heavy atom. The third-order valence-electron chi connectivity index (χ3n) is 2.55. The second kappa shape index (κ2) is 5.78. The Hall–Kier alpha value is -2.67. The SMILES string of the molecule is N#CCc1cccc(C(=O)Nc2cccc(F)c2)c1. The number of rotatable bonds is 3. The van der Waals surface area contributed by atoms with Crippen LogP contribution in [0.4, 0.5) is 10.1 Å². The summed E-state index contributed by atoms with van der Waals surface area (Å²) in [6.07, 6.45) is 0.251. The smallest absolute Gasteiger partial charge is 0.255 e. The second-order valence-electron chi connectivity index (χ2n) is 4.00. The molecule has 0 spiro atoms. The molecule has 0 aliphatic carbocycles. The van der Waals surface area contributed by atoms with Gasteiger partial charge < -0.3 is 5.32 Å². The van der Waals surface area contributed by atoms with Crippen molar-refractivity contribution in [3.05, 3.63) is 65.5 Å². The molecule has 3 nitrogen and oxygen atoms in total. The molecular formula is C15H11FN2O. The Kier molecular flexibility index (Phi) is 3.89. The van der Waals surface area contributed by atoms with E-state index in [-0.39, 0.29) is 12.3 Å². The molecule has 0 radical (unpaired) electrons. The number of nitrogens with zero attached hydrogens (tertiary/aromatic N) is 1. The molecule has 0 bridgehead atoms. The first kappa shape index (κ1) is 12.8. The summed E-state index contributed by atoms with van der Waals surface area (Å²) >= 11 is 0. The third kappa shape index (κ3) is 3.39. The predicted octanol–water partition coefficient (Wildman–Crippen LogP) is 3.14. The van der Waals surface area contributed by atoms with Gasteiger partial charge in [-0.25, -0.2) is 4.39 Å². The van der Waals surface area contributed by atoms with Gasteiger partial charge in [0.15, 0.2) is 0 Å². The molecule has 0 aliphatic heterocycles. The number of carbonyl (C=O) groups is 1. The van der Waals surface area contributed by atoms with Gasteiger partial charge in [-0.1, -0.05) is 18.2 Å². The minimum atomic E-state index is -0.406. The van der Waals surface area contributed by atoms with Crippen molar-refractivity contribution in [1.29, 1.82) is 5.26 Å². The molecule has 0 unspecified atom stereocenters. The Morgan fingerprint density at radius 2 is 2.00 bits per heavy atom. The molecule has 19 heavy (non-hydrogen) atoms. The van der Waals surface area contributed by atoms with Crippen molar-refractivity contribution in [2.45, 2.75) is 6.42 Å². The van der Waals surface area contributed by atoms with E-state index in [0.29, 0.717) is 11.3 Å². The summed E-state index contributed by atoms with van der Waals surface area (Å²) in [7, 11) is 0. The molecule has 0 aromatic heterocycles. The van der Waals surface area contributed by atoms with Crippen LogP contribution >= 0.6 is 0 Å². The number of carbonyl (C=O) groups excluding carboxylic acids is 1. The Labute approximate surface area is 110 Å². The minimum absolute atomic E-state index is 0.251. The largest absolute Gasteiger partial charge is 0.322 e. The highest BCUT2D eigenvalue weighted by Crippen LogP contribution is 2.12. The van der Waals surface area contributed by atoms with Gasteiger partial charge in [0.05, 0.1) is 12.5 Å². The number of halogens is 1. The van der Waals surface area contributed by atoms with Gasteiger partial charge in [-0.15, -0.1) is 0 Å². The molecule has 0 saturated carbocycles. The summed E-state index contributed by atoms with van der Waals surface area (Å²) in [4.78, 5) is 12.0. The molecular weight excluding hydrogens is 243 g/mol. The van der Waals surface area contributed by atoms with Gasteiger partial charge in [0.1, 0.15) is 5.82 Å². The quantitative estimate of drug-likeness (QED) is 0.914. The zero-order valence-corrected chi connectivity index (χ0v) is 10.1. The lowest BCUT2D eigenvalue weighted by Gasteiger charge is -2.06. The van der Waals surface area contributed by atoms with E-state index in [9.17, 15) is 9.18 Å². The van der Waals surface area contributed by atoms with E-state index in [1.807, 2.05) is 6.07 Å². The summed E-state index contributed by atoms with van der Waals surface area (Å²) in [6, 6.07) is 14.5. The number of hydrogen-bond acceptors (Lipinski definition) is 2. The molecule has 0 fully saturated rings. The van der Waals surface area contributed by atoms with Crippen LogP contribution < -0.4 is 5.32 Å². The van der Waals surface area contributed by atoms with Crippen molar-refractivity contribution in [3.8, 4) is 6.07 Å². The maximum Gasteiger partial charge on any atom is 0.255 e. The fourth-order valence-corrected chi connectivity index (χ4v) is 1.68. The van der Waals surface area contributed by atoms with Crippen LogP contribution in [0.2, 0.25) is 0 Å². The van der Waals surface area contributed by atoms with Gasteiger partial charge in [-0.05, 0) is 35.9 Å². The van der Waals surface area contributed by atoms with Gasteiger partial charge in [0.25, 0.3) is 5.91 Å². The lowest BCUT2D eigenvalue weighted by Crippen LogP contribution is -2.12. The van der Waals surface area contributed by atoms with Crippen LogP contribution in [0.15, 0.2) is 48.5 Å². The average Bonchev–Trinajstić information content (AvgIpc) is 2.39. The predicted molar refractivity (Wildman–Crippen MR) is 70.1 cm³/mol. The summed E-state index contributed by atoms with van der Waals surface area (Å²) in [5, 5.41) is 11.2. The Morgan fingerprint density at radius 1 is 1.21 bits per heavy atom. The number of amides is 1. The molecule has 94 valence electrons. The molecule has 2 aromatic rings. The molecule has 2 aromatic carbocycles. The minimum Gasteiger partial charge on any atom is -0.322 e. The molecule has 4 heteroatoms. The van der Waals surface area contributed by atoms with Crippen molar-refractivity contribution in [2.24, 2.45) is 0 Å². The summed E-state index contributed by atoms with van der Waals surface area (Å²) in [5.74, 6) is -0.735. The maximum absolute atomic E-state index is 13.0. The summed E-state index contributed by atoms with van der Waals surface area (Å²) in [6.45, 7) is 0. The van der Waals surface area contributed by atoms with Crippen LogP contribution in [0, 0.1) is 17.1 Å². The highest BCUT2D eigenvalue weighted by atomic mass is 19.1. The lowest BCUT2D eigenvalue weighted by atomic mass is 10.1. The van der Waals surface area contributed by atoms with E-state index in [4.69, 9.17) is 5.26 Å². The molecule has 0 atom stereocenters. The van der Waals surface area contributed by atoms with Gasteiger partial charge >= 0.3 is 0 Å². The van der Waals surface area contributed by atoms with E-state index in [1.54, 1.807) is 30.3 Å². The molecule has 0 heterocycles. The number of nitrogens with one attached hydrogen (secondary N) is 1. The topological polar surface area (TPSA) is 52.9 Å². The molecule has 2 rings (SSSR count). The van der Waals surface area contributed by atoms with Gasteiger partial charge in [0, 0.05) is 11.3 Å². The molecule has 0 aliphatic rings. The molecule has 1 amide bonds. The molecule has 1 N–H and O–H groups in total. The van der Waals surface area contributed by atoms with E-state index in [2.05, 4.69) is 5.32 Å². The standard InChI is InChI=1S/C15H11FN2O/c16-13-5-2-6-14(10-13)18-15(19)12-4-1-3-11(9-12)7-8-17/h1-6,9-10H,7H2,(H,18,19). The highest BCUT2D eigenvalue weighted by Gasteiger charge is 2.07. The van der Waals surface area contributed by atoms with Crippen LogP contribution in [0.5, 0.6) is 0 Å². The monoisotopic (exact) mass is 254 g/mol. The fraction of sp³-hybridized carbons (Fsp3) is 0.0667. The average molecular weight is 254 g/mol. The highest BCUT2D eigenvalue weighted by molar-refractivity contribution is 6.04. The van der Waals surface area contributed by atoms with E-state index >= 15 is 0 Å². The zero-order valence-electron chi connectivity index (χ0n) is 10.1. The lowest BCUT2D eigenvalue weighted by molar-refractivity contribution is 0.102. The van der Waals surface area contributed by atoms with Crippen LogP contribution in [0.25, 0.3) is 0 Å². The summed E-state index contributed by atoms with van der Waals surface area (Å²) < 4.78 is 13.0. The van der Waals surface area contributed by atoms with Crippen molar-refractivity contribution in [1.82, 2.24) is 0 Å². The van der Waals surface area contributed by atoms with Crippen molar-refractivity contribution in [2.75, 3.05) is 5.32 Å². The van der Waals surface area contributed by atoms with Gasteiger partial charge in [0.2, 0.25) is 0 Å². The maximum atomic E-state index is 13.0. The zero-order chi connectivity index (χ0) is 13.7. The van der Waals surface area contributed by atoms with Crippen LogP contribution in [0.3, 0.4) is 0 Å². The van der Waals surface area contributed by atoms with Gasteiger partial charge in [-0.2, -0.15) is 5.26 Å². The van der Waals surface area contributed by atoms with E-state index < -0.39 is 5.82 Å². The fourth-order valence-electron chi connectivity index (χ4n) is 1.68. The molecule has 0 saturated heterocycles. The van der Waals surface area contributed by atoms with Crippen LogP contribution in [-0.4, -0.2) is 5.91 Å². The van der Waals surface area contributed by atoms with Crippen LogP contribution in [-0.2, 0) is 6.42 Å². The number of benzene rings is 2. The van der Waals surface area contributed by atoms with Crippen molar-refractivity contribution >= 4 is 11.6 Å². The first-order valence-electron chi connectivity index (χ1n) is 5.72. The normalized spacial score (nSPS) is 9.68. The first-order valence-corrected chi connectivity index (χ1v) is 5.72. The third-order valence-corrected chi connectivity index (χ3v) is 2.55. The van der Waals surface area contributed by atoms with E-state index in [0.717, 1.165) is 5.56 Å². The number of hydrogen-bond donors (Lipinski definition) is 1. The number of nitriles is 1. The second-order valence-corrected chi connectivity index (χ2v) is 4.00. The van der Waals surface area contributed by atoms with Gasteiger partial charge in [-0.3, -0.25) is 4.79 Å². The number of anilines is 1. The summed E-state index contributed by atoms with van der Waals surface area (Å²) in [5.41, 5.74) is 1.61. The van der Waals surface area contributed by atoms with Crippen molar-refractivity contribution < 1.29 is 9.18 Å². The first-order chi connectivity index (χ1) is 9.19. The Balaban J connectivity index is 2.16. The van der Waals surface area contributed by atoms with Crippen molar-refractivity contribution in [3.63, 3.8) is 0 Å².